The van der Waals surface area contributed by atoms with Crippen LogP contribution in [0, 0.1) is 0 Å². The molecule has 106 valence electrons. The molecule has 1 aliphatic carbocycles. The van der Waals surface area contributed by atoms with Crippen LogP contribution in [0.15, 0.2) is 48.5 Å². The molecule has 3 rings (SSSR count). The van der Waals surface area contributed by atoms with Gasteiger partial charge >= 0.3 is 0 Å². The van der Waals surface area contributed by atoms with Crippen LogP contribution in [0.3, 0.4) is 0 Å². The Kier molecular flexibility index (Phi) is 4.80. The second-order valence-electron chi connectivity index (χ2n) is 5.50. The van der Waals surface area contributed by atoms with E-state index in [-0.39, 0.29) is 5.48 Å². The minimum absolute atomic E-state index is 0. The Bertz CT molecular complexity index is 522. The smallest absolute Gasteiger partial charge is 0.115 e. The van der Waals surface area contributed by atoms with Gasteiger partial charge in [0.1, 0.15) is 5.75 Å². The predicted octanol–water partition coefficient (Wildman–Crippen LogP) is 4.28. The van der Waals surface area contributed by atoms with E-state index in [9.17, 15) is 5.11 Å². The van der Waals surface area contributed by atoms with Crippen LogP contribution in [0.1, 0.15) is 43.6 Å². The third-order valence-corrected chi connectivity index (χ3v) is 4.19. The van der Waals surface area contributed by atoms with Crippen molar-refractivity contribution >= 4 is 0 Å². The molecule has 2 aromatic carbocycles. The van der Waals surface area contributed by atoms with Crippen LogP contribution in [0.4, 0.5) is 0 Å². The molecule has 2 heteroatoms. The number of phenolic OH excluding ortho intramolecular Hbond substituents is 1. The Hall–Kier alpha value is -1.80. The van der Waals surface area contributed by atoms with E-state index in [1.54, 1.807) is 12.1 Å². The van der Waals surface area contributed by atoms with Gasteiger partial charge in [0.05, 0.1) is 0 Å². The van der Waals surface area contributed by atoms with Crippen LogP contribution in [0.2, 0.25) is 0 Å². The van der Waals surface area contributed by atoms with Gasteiger partial charge in [-0.05, 0) is 47.6 Å². The first kappa shape index (κ1) is 14.6. The summed E-state index contributed by atoms with van der Waals surface area (Å²) in [6.45, 7) is 0. The molecule has 0 radical (unpaired) electrons. The summed E-state index contributed by atoms with van der Waals surface area (Å²) >= 11 is 0. The number of aromatic hydroxyl groups is 1. The van der Waals surface area contributed by atoms with Crippen LogP contribution < -0.4 is 0 Å². The fourth-order valence-corrected chi connectivity index (χ4v) is 3.04. The third kappa shape index (κ3) is 3.20. The van der Waals surface area contributed by atoms with Crippen molar-refractivity contribution in [3.05, 3.63) is 54.1 Å². The molecule has 20 heavy (non-hydrogen) atoms. The van der Waals surface area contributed by atoms with Crippen LogP contribution >= 0.6 is 0 Å². The highest BCUT2D eigenvalue weighted by Gasteiger charge is 2.15. The Morgan fingerprint density at radius 2 is 1.20 bits per heavy atom. The highest BCUT2D eigenvalue weighted by atomic mass is 16.3. The summed E-state index contributed by atoms with van der Waals surface area (Å²) in [5.41, 5.74) is 3.87. The van der Waals surface area contributed by atoms with Crippen molar-refractivity contribution < 1.29 is 10.6 Å². The number of phenols is 1. The zero-order valence-corrected chi connectivity index (χ0v) is 11.7. The Labute approximate surface area is 120 Å². The molecule has 3 N–H and O–H groups in total. The predicted molar refractivity (Wildman–Crippen MR) is 83.0 cm³/mol. The van der Waals surface area contributed by atoms with Gasteiger partial charge in [0.25, 0.3) is 0 Å². The number of benzene rings is 2. The van der Waals surface area contributed by atoms with Gasteiger partial charge < -0.3 is 10.6 Å². The van der Waals surface area contributed by atoms with Crippen LogP contribution in [0.5, 0.6) is 5.75 Å². The first-order valence-corrected chi connectivity index (χ1v) is 7.22. The van der Waals surface area contributed by atoms with E-state index in [1.807, 2.05) is 12.1 Å². The lowest BCUT2D eigenvalue weighted by Gasteiger charge is -2.22. The molecule has 0 spiro atoms. The van der Waals surface area contributed by atoms with E-state index in [4.69, 9.17) is 0 Å². The van der Waals surface area contributed by atoms with Crippen LogP contribution in [-0.2, 0) is 0 Å². The van der Waals surface area contributed by atoms with Crippen LogP contribution in [-0.4, -0.2) is 10.6 Å². The average Bonchev–Trinajstić information content (AvgIpc) is 2.49. The van der Waals surface area contributed by atoms with Crippen LogP contribution in [0.25, 0.3) is 11.1 Å². The van der Waals surface area contributed by atoms with E-state index in [2.05, 4.69) is 24.3 Å². The summed E-state index contributed by atoms with van der Waals surface area (Å²) < 4.78 is 0. The Morgan fingerprint density at radius 3 is 1.75 bits per heavy atom. The minimum atomic E-state index is 0. The van der Waals surface area contributed by atoms with E-state index in [1.165, 1.54) is 43.2 Å². The molecule has 0 atom stereocenters. The number of rotatable bonds is 2. The lowest BCUT2D eigenvalue weighted by atomic mass is 9.84. The van der Waals surface area contributed by atoms with Crippen molar-refractivity contribution in [1.29, 1.82) is 0 Å². The molecule has 0 aliphatic heterocycles. The van der Waals surface area contributed by atoms with Gasteiger partial charge in [0, 0.05) is 0 Å². The molecule has 1 saturated carbocycles. The van der Waals surface area contributed by atoms with Crippen molar-refractivity contribution in [3.8, 4) is 16.9 Å². The van der Waals surface area contributed by atoms with Gasteiger partial charge in [-0.1, -0.05) is 55.7 Å². The molecule has 0 saturated heterocycles. The zero-order chi connectivity index (χ0) is 13.1. The maximum absolute atomic E-state index is 9.32. The van der Waals surface area contributed by atoms with Crippen molar-refractivity contribution in [1.82, 2.24) is 0 Å². The first-order valence-electron chi connectivity index (χ1n) is 7.22. The zero-order valence-electron chi connectivity index (χ0n) is 11.7. The molecule has 0 amide bonds. The van der Waals surface area contributed by atoms with Gasteiger partial charge in [0.15, 0.2) is 0 Å². The highest BCUT2D eigenvalue weighted by molar-refractivity contribution is 5.64. The first-order chi connectivity index (χ1) is 9.33. The van der Waals surface area contributed by atoms with E-state index < -0.39 is 0 Å². The average molecular weight is 270 g/mol. The standard InChI is InChI=1S/C18H20O.H2O/c19-18-12-10-17(11-13-18)16-8-6-15(7-9-16)14-4-2-1-3-5-14;/h6-14,19H,1-5H2;1H2. The van der Waals surface area contributed by atoms with Crippen molar-refractivity contribution in [2.24, 2.45) is 0 Å². The van der Waals surface area contributed by atoms with Crippen molar-refractivity contribution in [2.75, 3.05) is 0 Å². The fourth-order valence-electron chi connectivity index (χ4n) is 3.04. The van der Waals surface area contributed by atoms with Gasteiger partial charge in [-0.25, -0.2) is 0 Å². The normalized spacial score (nSPS) is 15.6. The van der Waals surface area contributed by atoms with Crippen molar-refractivity contribution in [2.45, 2.75) is 38.0 Å². The highest BCUT2D eigenvalue weighted by Crippen LogP contribution is 2.33. The Balaban J connectivity index is 0.00000147. The molecule has 2 nitrogen and oxygen atoms in total. The number of hydrogen-bond donors (Lipinski definition) is 1. The quantitative estimate of drug-likeness (QED) is 0.869. The van der Waals surface area contributed by atoms with Gasteiger partial charge in [-0.2, -0.15) is 0 Å². The molecule has 0 aromatic heterocycles. The van der Waals surface area contributed by atoms with E-state index in [0.717, 1.165) is 11.5 Å². The molecule has 2 aromatic rings. The lowest BCUT2D eigenvalue weighted by molar-refractivity contribution is 0.443. The third-order valence-electron chi connectivity index (χ3n) is 4.19. The summed E-state index contributed by atoms with van der Waals surface area (Å²) in [4.78, 5) is 0. The lowest BCUT2D eigenvalue weighted by Crippen LogP contribution is -2.04. The topological polar surface area (TPSA) is 51.7 Å². The monoisotopic (exact) mass is 270 g/mol. The molecule has 1 fully saturated rings. The van der Waals surface area contributed by atoms with Gasteiger partial charge in [0.2, 0.25) is 0 Å². The summed E-state index contributed by atoms with van der Waals surface area (Å²) in [6.07, 6.45) is 6.86. The molecule has 0 heterocycles. The minimum Gasteiger partial charge on any atom is -0.508 e. The maximum Gasteiger partial charge on any atom is 0.115 e. The summed E-state index contributed by atoms with van der Waals surface area (Å²) in [6, 6.07) is 16.4. The number of hydrogen-bond acceptors (Lipinski definition) is 1. The van der Waals surface area contributed by atoms with Gasteiger partial charge in [-0.15, -0.1) is 0 Å². The second-order valence-corrected chi connectivity index (χ2v) is 5.50. The molecule has 0 unspecified atom stereocenters. The summed E-state index contributed by atoms with van der Waals surface area (Å²) in [5.74, 6) is 1.09. The molecule has 1 aliphatic rings. The fraction of sp³-hybridized carbons (Fsp3) is 0.333. The molecule has 0 bridgehead atoms. The second kappa shape index (κ2) is 6.58. The molecular weight excluding hydrogens is 248 g/mol. The maximum atomic E-state index is 9.32. The Morgan fingerprint density at radius 1 is 0.700 bits per heavy atom. The van der Waals surface area contributed by atoms with E-state index in [0.29, 0.717) is 5.75 Å². The largest absolute Gasteiger partial charge is 0.508 e. The SMILES string of the molecule is O.Oc1ccc(-c2ccc(C3CCCCC3)cc2)cc1. The van der Waals surface area contributed by atoms with Crippen molar-refractivity contribution in [3.63, 3.8) is 0 Å². The van der Waals surface area contributed by atoms with E-state index >= 15 is 0 Å². The molecular formula is C18H22O2. The summed E-state index contributed by atoms with van der Waals surface area (Å²) in [7, 11) is 0. The van der Waals surface area contributed by atoms with Gasteiger partial charge in [-0.3, -0.25) is 0 Å². The summed E-state index contributed by atoms with van der Waals surface area (Å²) in [5, 5.41) is 9.32.